The van der Waals surface area contributed by atoms with Crippen LogP contribution in [-0.2, 0) is 10.0 Å². The summed E-state index contributed by atoms with van der Waals surface area (Å²) in [5, 5.41) is 11.2. The first-order valence-electron chi connectivity index (χ1n) is 5.52. The van der Waals surface area contributed by atoms with Crippen LogP contribution in [0.4, 0.5) is 11.4 Å². The summed E-state index contributed by atoms with van der Waals surface area (Å²) in [6, 6.07) is 8.95. The number of nitrogens with one attached hydrogen (secondary N) is 1. The Balaban J connectivity index is 2.36. The molecule has 2 rings (SSSR count). The maximum Gasteiger partial charge on any atom is 0.270 e. The van der Waals surface area contributed by atoms with Crippen molar-refractivity contribution in [3.05, 3.63) is 62.6 Å². The quantitative estimate of drug-likeness (QED) is 0.674. The summed E-state index contributed by atoms with van der Waals surface area (Å²) in [4.78, 5) is 9.79. The van der Waals surface area contributed by atoms with Gasteiger partial charge in [-0.15, -0.1) is 0 Å². The van der Waals surface area contributed by atoms with Crippen molar-refractivity contribution in [3.8, 4) is 0 Å². The van der Waals surface area contributed by atoms with Crippen molar-refractivity contribution in [2.24, 2.45) is 0 Å². The van der Waals surface area contributed by atoms with E-state index in [0.717, 1.165) is 6.07 Å². The van der Waals surface area contributed by atoms with Gasteiger partial charge in [0.05, 0.1) is 25.6 Å². The van der Waals surface area contributed by atoms with E-state index >= 15 is 0 Å². The van der Waals surface area contributed by atoms with Crippen LogP contribution in [0.1, 0.15) is 0 Å². The number of non-ortho nitro benzene ring substituents is 1. The van der Waals surface area contributed by atoms with E-state index in [1.54, 1.807) is 0 Å². The normalized spacial score (nSPS) is 11.1. The van der Waals surface area contributed by atoms with Crippen LogP contribution in [0, 0.1) is 10.1 Å². The molecule has 0 saturated heterocycles. The summed E-state index contributed by atoms with van der Waals surface area (Å²) >= 11 is 11.5. The Morgan fingerprint density at radius 2 is 1.76 bits per heavy atom. The molecule has 0 aromatic heterocycles. The maximum absolute atomic E-state index is 12.2. The van der Waals surface area contributed by atoms with Gasteiger partial charge < -0.3 is 0 Å². The van der Waals surface area contributed by atoms with E-state index in [1.165, 1.54) is 36.4 Å². The van der Waals surface area contributed by atoms with Crippen molar-refractivity contribution in [2.75, 3.05) is 4.72 Å². The molecule has 9 heteroatoms. The minimum Gasteiger partial charge on any atom is -0.280 e. The number of nitro groups is 1. The predicted molar refractivity (Wildman–Crippen MR) is 80.4 cm³/mol. The molecule has 0 aliphatic rings. The number of benzene rings is 2. The number of halogens is 2. The summed E-state index contributed by atoms with van der Waals surface area (Å²) in [5.41, 5.74) is -0.108. The highest BCUT2D eigenvalue weighted by Gasteiger charge is 2.18. The largest absolute Gasteiger partial charge is 0.280 e. The first-order chi connectivity index (χ1) is 9.79. The van der Waals surface area contributed by atoms with Gasteiger partial charge in [0.1, 0.15) is 0 Å². The third-order valence-electron chi connectivity index (χ3n) is 2.51. The number of sulfonamides is 1. The highest BCUT2D eigenvalue weighted by molar-refractivity contribution is 7.92. The van der Waals surface area contributed by atoms with Crippen LogP contribution in [0.3, 0.4) is 0 Å². The fraction of sp³-hybridized carbons (Fsp3) is 0. The van der Waals surface area contributed by atoms with Gasteiger partial charge in [0.25, 0.3) is 15.7 Å². The van der Waals surface area contributed by atoms with Crippen molar-refractivity contribution in [1.29, 1.82) is 0 Å². The van der Waals surface area contributed by atoms with Crippen molar-refractivity contribution in [3.63, 3.8) is 0 Å². The molecule has 0 aliphatic heterocycles. The molecule has 0 unspecified atom stereocenters. The van der Waals surface area contributed by atoms with Crippen molar-refractivity contribution in [2.45, 2.75) is 4.90 Å². The average molecular weight is 347 g/mol. The van der Waals surface area contributed by atoms with Crippen molar-refractivity contribution in [1.82, 2.24) is 0 Å². The summed E-state index contributed by atoms with van der Waals surface area (Å²) < 4.78 is 26.6. The smallest absolute Gasteiger partial charge is 0.270 e. The molecule has 0 spiro atoms. The molecule has 110 valence electrons. The second kappa shape index (κ2) is 5.88. The molecule has 0 radical (unpaired) electrons. The average Bonchev–Trinajstić information content (AvgIpc) is 2.43. The molecule has 0 fully saturated rings. The van der Waals surface area contributed by atoms with Crippen LogP contribution in [0.5, 0.6) is 0 Å². The van der Waals surface area contributed by atoms with E-state index < -0.39 is 14.9 Å². The molecule has 21 heavy (non-hydrogen) atoms. The standard InChI is InChI=1S/C12H8Cl2N2O4S/c13-11-5-4-8(6-12(11)14)15-21(19,20)10-3-1-2-9(7-10)16(17)18/h1-7,15H. The highest BCUT2D eigenvalue weighted by Crippen LogP contribution is 2.27. The summed E-state index contributed by atoms with van der Waals surface area (Å²) in [6.07, 6.45) is 0. The number of rotatable bonds is 4. The Kier molecular flexibility index (Phi) is 4.36. The van der Waals surface area contributed by atoms with Gasteiger partial charge in [-0.25, -0.2) is 8.42 Å². The molecule has 0 heterocycles. The lowest BCUT2D eigenvalue weighted by atomic mass is 10.3. The van der Waals surface area contributed by atoms with Gasteiger partial charge in [-0.2, -0.15) is 0 Å². The Morgan fingerprint density at radius 3 is 2.38 bits per heavy atom. The lowest BCUT2D eigenvalue weighted by Crippen LogP contribution is -2.13. The molecule has 1 N–H and O–H groups in total. The monoisotopic (exact) mass is 346 g/mol. The number of nitro benzene ring substituents is 1. The Labute approximate surface area is 130 Å². The molecular weight excluding hydrogens is 339 g/mol. The molecule has 2 aromatic rings. The highest BCUT2D eigenvalue weighted by atomic mass is 35.5. The number of anilines is 1. The molecule has 0 aliphatic carbocycles. The molecular formula is C12H8Cl2N2O4S. The molecule has 6 nitrogen and oxygen atoms in total. The van der Waals surface area contributed by atoms with Crippen molar-refractivity contribution >= 4 is 44.6 Å². The molecule has 2 aromatic carbocycles. The third kappa shape index (κ3) is 3.63. The predicted octanol–water partition coefficient (Wildman–Crippen LogP) is 3.70. The molecule has 0 saturated carbocycles. The molecule has 0 bridgehead atoms. The molecule has 0 amide bonds. The second-order valence-electron chi connectivity index (χ2n) is 3.99. The van der Waals surface area contributed by atoms with Gasteiger partial charge in [0.2, 0.25) is 0 Å². The van der Waals surface area contributed by atoms with Crippen LogP contribution in [-0.4, -0.2) is 13.3 Å². The fourth-order valence-electron chi connectivity index (χ4n) is 1.54. The third-order valence-corrected chi connectivity index (χ3v) is 4.63. The number of hydrogen-bond donors (Lipinski definition) is 1. The van der Waals surface area contributed by atoms with Crippen LogP contribution >= 0.6 is 23.2 Å². The minimum absolute atomic E-state index is 0.191. The SMILES string of the molecule is O=[N+]([O-])c1cccc(S(=O)(=O)Nc2ccc(Cl)c(Cl)c2)c1. The maximum atomic E-state index is 12.2. The molecule has 0 atom stereocenters. The summed E-state index contributed by atoms with van der Waals surface area (Å²) in [5.74, 6) is 0. The number of hydrogen-bond acceptors (Lipinski definition) is 4. The van der Waals surface area contributed by atoms with E-state index in [1.807, 2.05) is 0 Å². The summed E-state index contributed by atoms with van der Waals surface area (Å²) in [6.45, 7) is 0. The number of nitrogens with zero attached hydrogens (tertiary/aromatic N) is 1. The van der Waals surface area contributed by atoms with E-state index in [9.17, 15) is 18.5 Å². The first-order valence-corrected chi connectivity index (χ1v) is 7.76. The Hall–Kier alpha value is -1.83. The van der Waals surface area contributed by atoms with Gasteiger partial charge in [-0.1, -0.05) is 29.3 Å². The van der Waals surface area contributed by atoms with Crippen LogP contribution in [0.25, 0.3) is 0 Å². The van der Waals surface area contributed by atoms with Gasteiger partial charge in [-0.3, -0.25) is 14.8 Å². The Morgan fingerprint density at radius 1 is 1.05 bits per heavy atom. The van der Waals surface area contributed by atoms with Crippen LogP contribution in [0.15, 0.2) is 47.4 Å². The first kappa shape index (κ1) is 15.6. The topological polar surface area (TPSA) is 89.3 Å². The minimum atomic E-state index is -3.96. The van der Waals surface area contributed by atoms with Crippen LogP contribution < -0.4 is 4.72 Å². The lowest BCUT2D eigenvalue weighted by molar-refractivity contribution is -0.385. The van der Waals surface area contributed by atoms with E-state index in [0.29, 0.717) is 0 Å². The van der Waals surface area contributed by atoms with Gasteiger partial charge in [0.15, 0.2) is 0 Å². The zero-order valence-electron chi connectivity index (χ0n) is 10.3. The van der Waals surface area contributed by atoms with Crippen LogP contribution in [0.2, 0.25) is 10.0 Å². The van der Waals surface area contributed by atoms with Gasteiger partial charge >= 0.3 is 0 Å². The zero-order chi connectivity index (χ0) is 15.6. The lowest BCUT2D eigenvalue weighted by Gasteiger charge is -2.08. The zero-order valence-corrected chi connectivity index (χ0v) is 12.6. The van der Waals surface area contributed by atoms with E-state index in [4.69, 9.17) is 23.2 Å². The van der Waals surface area contributed by atoms with E-state index in [-0.39, 0.29) is 26.3 Å². The fourth-order valence-corrected chi connectivity index (χ4v) is 2.92. The summed E-state index contributed by atoms with van der Waals surface area (Å²) in [7, 11) is -3.96. The van der Waals surface area contributed by atoms with Gasteiger partial charge in [-0.05, 0) is 24.3 Å². The second-order valence-corrected chi connectivity index (χ2v) is 6.49. The Bertz CT molecular complexity index is 809. The van der Waals surface area contributed by atoms with Gasteiger partial charge in [0, 0.05) is 12.1 Å². The van der Waals surface area contributed by atoms with E-state index in [2.05, 4.69) is 4.72 Å². The van der Waals surface area contributed by atoms with Crippen molar-refractivity contribution < 1.29 is 13.3 Å².